The third kappa shape index (κ3) is 1.58. The first-order chi connectivity index (χ1) is 7.67. The van der Waals surface area contributed by atoms with Crippen molar-refractivity contribution in [1.29, 1.82) is 0 Å². The summed E-state index contributed by atoms with van der Waals surface area (Å²) in [6, 6.07) is 8.42. The van der Waals surface area contributed by atoms with Gasteiger partial charge in [0.15, 0.2) is 0 Å². The summed E-state index contributed by atoms with van der Waals surface area (Å²) >= 11 is 0. The standard InChI is InChI=1S/C13H17N3/c1-4-16-9(2)7-10-5-6-11(8-12(10)16)13(14)15-3/h5-8H,4H2,1-3H3,(H2,14,15). The Morgan fingerprint density at radius 3 is 2.75 bits per heavy atom. The molecule has 0 aliphatic carbocycles. The molecule has 0 aliphatic rings. The number of fused-ring (bicyclic) bond motifs is 1. The quantitative estimate of drug-likeness (QED) is 0.606. The van der Waals surface area contributed by atoms with Crippen LogP contribution in [0.25, 0.3) is 10.9 Å². The Kier molecular flexibility index (Phi) is 2.69. The second-order valence-corrected chi connectivity index (χ2v) is 3.91. The van der Waals surface area contributed by atoms with Gasteiger partial charge in [-0.2, -0.15) is 0 Å². The molecule has 3 heteroatoms. The lowest BCUT2D eigenvalue weighted by Gasteiger charge is -2.05. The van der Waals surface area contributed by atoms with Gasteiger partial charge in [-0.25, -0.2) is 0 Å². The minimum atomic E-state index is 0.586. The van der Waals surface area contributed by atoms with E-state index in [2.05, 4.69) is 41.6 Å². The summed E-state index contributed by atoms with van der Waals surface area (Å²) in [5, 5.41) is 1.26. The SMILES string of the molecule is CCn1c(C)cc2ccc(C(N)=NC)cc21. The zero-order chi connectivity index (χ0) is 11.7. The predicted octanol–water partition coefficient (Wildman–Crippen LogP) is 2.30. The number of aliphatic imine (C=N–C) groups is 1. The Bertz CT molecular complexity index is 550. The van der Waals surface area contributed by atoms with Gasteiger partial charge in [0.1, 0.15) is 5.84 Å². The topological polar surface area (TPSA) is 43.3 Å². The fourth-order valence-electron chi connectivity index (χ4n) is 2.10. The Morgan fingerprint density at radius 1 is 1.38 bits per heavy atom. The van der Waals surface area contributed by atoms with E-state index in [1.165, 1.54) is 16.6 Å². The van der Waals surface area contributed by atoms with E-state index < -0.39 is 0 Å². The van der Waals surface area contributed by atoms with E-state index in [-0.39, 0.29) is 0 Å². The van der Waals surface area contributed by atoms with Crippen molar-refractivity contribution < 1.29 is 0 Å². The van der Waals surface area contributed by atoms with Crippen LogP contribution in [0.3, 0.4) is 0 Å². The van der Waals surface area contributed by atoms with Crippen LogP contribution in [0, 0.1) is 6.92 Å². The largest absolute Gasteiger partial charge is 0.384 e. The van der Waals surface area contributed by atoms with E-state index in [0.717, 1.165) is 12.1 Å². The molecule has 2 aromatic rings. The second-order valence-electron chi connectivity index (χ2n) is 3.91. The Hall–Kier alpha value is -1.77. The number of nitrogens with zero attached hydrogens (tertiary/aromatic N) is 2. The number of benzene rings is 1. The molecule has 3 nitrogen and oxygen atoms in total. The molecule has 0 unspecified atom stereocenters. The fraction of sp³-hybridized carbons (Fsp3) is 0.308. The van der Waals surface area contributed by atoms with Gasteiger partial charge in [0.25, 0.3) is 0 Å². The van der Waals surface area contributed by atoms with Gasteiger partial charge in [-0.1, -0.05) is 12.1 Å². The number of amidine groups is 1. The van der Waals surface area contributed by atoms with Gasteiger partial charge in [-0.3, -0.25) is 4.99 Å². The van der Waals surface area contributed by atoms with Gasteiger partial charge in [-0.05, 0) is 31.4 Å². The van der Waals surface area contributed by atoms with Crippen molar-refractivity contribution in [1.82, 2.24) is 4.57 Å². The average molecular weight is 215 g/mol. The first kappa shape index (κ1) is 10.7. The van der Waals surface area contributed by atoms with Gasteiger partial charge < -0.3 is 10.3 Å². The summed E-state index contributed by atoms with van der Waals surface area (Å²) in [7, 11) is 1.71. The number of hydrogen-bond donors (Lipinski definition) is 1. The molecule has 0 radical (unpaired) electrons. The summed E-state index contributed by atoms with van der Waals surface area (Å²) in [5.41, 5.74) is 9.32. The number of aromatic nitrogens is 1. The molecule has 2 rings (SSSR count). The fourth-order valence-corrected chi connectivity index (χ4v) is 2.10. The zero-order valence-corrected chi connectivity index (χ0v) is 9.99. The number of nitrogens with two attached hydrogens (primary N) is 1. The minimum absolute atomic E-state index is 0.586. The molecule has 0 aliphatic heterocycles. The maximum absolute atomic E-state index is 5.82. The average Bonchev–Trinajstić information content (AvgIpc) is 2.62. The van der Waals surface area contributed by atoms with Crippen LogP contribution in [0.15, 0.2) is 29.3 Å². The molecule has 0 spiro atoms. The lowest BCUT2D eigenvalue weighted by Crippen LogP contribution is -2.12. The van der Waals surface area contributed by atoms with Crippen LogP contribution in [-0.4, -0.2) is 17.5 Å². The molecule has 16 heavy (non-hydrogen) atoms. The van der Waals surface area contributed by atoms with Crippen LogP contribution in [-0.2, 0) is 6.54 Å². The second kappa shape index (κ2) is 4.00. The van der Waals surface area contributed by atoms with Gasteiger partial charge in [0.2, 0.25) is 0 Å². The Morgan fingerprint density at radius 2 is 2.12 bits per heavy atom. The Labute approximate surface area is 95.6 Å². The number of aryl methyl sites for hydroxylation is 2. The van der Waals surface area contributed by atoms with Gasteiger partial charge in [0.05, 0.1) is 0 Å². The molecular formula is C13H17N3. The van der Waals surface area contributed by atoms with Crippen molar-refractivity contribution in [2.75, 3.05) is 7.05 Å². The third-order valence-electron chi connectivity index (χ3n) is 2.96. The smallest absolute Gasteiger partial charge is 0.125 e. The van der Waals surface area contributed by atoms with Crippen molar-refractivity contribution >= 4 is 16.7 Å². The molecule has 0 fully saturated rings. The van der Waals surface area contributed by atoms with Crippen molar-refractivity contribution in [3.05, 3.63) is 35.5 Å². The summed E-state index contributed by atoms with van der Waals surface area (Å²) in [5.74, 6) is 0.586. The Balaban J connectivity index is 2.68. The number of hydrogen-bond acceptors (Lipinski definition) is 1. The van der Waals surface area contributed by atoms with Crippen LogP contribution >= 0.6 is 0 Å². The van der Waals surface area contributed by atoms with Crippen molar-refractivity contribution in [2.24, 2.45) is 10.7 Å². The maximum Gasteiger partial charge on any atom is 0.125 e. The highest BCUT2D eigenvalue weighted by Crippen LogP contribution is 2.20. The first-order valence-corrected chi connectivity index (χ1v) is 5.50. The maximum atomic E-state index is 5.82. The van der Waals surface area contributed by atoms with Gasteiger partial charge in [0, 0.05) is 30.4 Å². The van der Waals surface area contributed by atoms with E-state index in [0.29, 0.717) is 5.84 Å². The highest BCUT2D eigenvalue weighted by Gasteiger charge is 2.06. The molecule has 0 atom stereocenters. The molecule has 0 saturated carbocycles. The van der Waals surface area contributed by atoms with Crippen LogP contribution in [0.2, 0.25) is 0 Å². The van der Waals surface area contributed by atoms with Gasteiger partial charge in [-0.15, -0.1) is 0 Å². The van der Waals surface area contributed by atoms with Gasteiger partial charge >= 0.3 is 0 Å². The molecular weight excluding hydrogens is 198 g/mol. The predicted molar refractivity (Wildman–Crippen MR) is 69.0 cm³/mol. The third-order valence-corrected chi connectivity index (χ3v) is 2.96. The van der Waals surface area contributed by atoms with Crippen LogP contribution in [0.4, 0.5) is 0 Å². The summed E-state index contributed by atoms with van der Waals surface area (Å²) in [6.45, 7) is 5.25. The van der Waals surface area contributed by atoms with Crippen LogP contribution in [0.5, 0.6) is 0 Å². The van der Waals surface area contributed by atoms with E-state index >= 15 is 0 Å². The van der Waals surface area contributed by atoms with Crippen molar-refractivity contribution in [2.45, 2.75) is 20.4 Å². The molecule has 1 aromatic carbocycles. The molecule has 84 valence electrons. The molecule has 0 amide bonds. The summed E-state index contributed by atoms with van der Waals surface area (Å²) in [6.07, 6.45) is 0. The first-order valence-electron chi connectivity index (χ1n) is 5.50. The van der Waals surface area contributed by atoms with E-state index in [9.17, 15) is 0 Å². The summed E-state index contributed by atoms with van der Waals surface area (Å²) in [4.78, 5) is 4.01. The highest BCUT2D eigenvalue weighted by molar-refractivity contribution is 6.00. The molecule has 1 aromatic heterocycles. The highest BCUT2D eigenvalue weighted by atomic mass is 15.0. The van der Waals surface area contributed by atoms with Crippen molar-refractivity contribution in [3.63, 3.8) is 0 Å². The van der Waals surface area contributed by atoms with E-state index in [1.807, 2.05) is 6.07 Å². The van der Waals surface area contributed by atoms with Crippen molar-refractivity contribution in [3.8, 4) is 0 Å². The van der Waals surface area contributed by atoms with Crippen LogP contribution in [0.1, 0.15) is 18.2 Å². The minimum Gasteiger partial charge on any atom is -0.384 e. The molecule has 0 bridgehead atoms. The number of rotatable bonds is 2. The molecule has 1 heterocycles. The molecule has 0 saturated heterocycles. The van der Waals surface area contributed by atoms with Crippen LogP contribution < -0.4 is 5.73 Å². The normalized spacial score (nSPS) is 12.3. The lowest BCUT2D eigenvalue weighted by molar-refractivity contribution is 0.769. The zero-order valence-electron chi connectivity index (χ0n) is 9.99. The molecule has 2 N–H and O–H groups in total. The monoisotopic (exact) mass is 215 g/mol. The lowest BCUT2D eigenvalue weighted by atomic mass is 10.1. The van der Waals surface area contributed by atoms with E-state index in [4.69, 9.17) is 5.73 Å². The van der Waals surface area contributed by atoms with E-state index in [1.54, 1.807) is 7.05 Å². The summed E-state index contributed by atoms with van der Waals surface area (Å²) < 4.78 is 2.28.